The molecule has 1 amide bonds. The standard InChI is InChI=1S/C21H20Cl2F3N3O3/c22-15-8-13(9-17-19(15)32-7-1-6-31-17)10-18(30)28-2-4-29(5-3-28)20-16(23)11-14(12-27-20)21(24,25)26/h8-9,11-12H,1-7,10H2. The third-order valence-corrected chi connectivity index (χ3v) is 5.86. The zero-order valence-corrected chi connectivity index (χ0v) is 18.4. The van der Waals surface area contributed by atoms with Gasteiger partial charge in [0, 0.05) is 38.8 Å². The molecule has 32 heavy (non-hydrogen) atoms. The number of amides is 1. The summed E-state index contributed by atoms with van der Waals surface area (Å²) >= 11 is 12.3. The lowest BCUT2D eigenvalue weighted by Gasteiger charge is -2.36. The Hall–Kier alpha value is -2.39. The third-order valence-electron chi connectivity index (χ3n) is 5.30. The van der Waals surface area contributed by atoms with Gasteiger partial charge in [0.25, 0.3) is 0 Å². The second kappa shape index (κ2) is 9.23. The van der Waals surface area contributed by atoms with Crippen molar-refractivity contribution in [3.8, 4) is 11.5 Å². The Morgan fingerprint density at radius 3 is 2.44 bits per heavy atom. The van der Waals surface area contributed by atoms with E-state index >= 15 is 0 Å². The molecule has 0 aliphatic carbocycles. The first kappa shape index (κ1) is 22.8. The predicted molar refractivity (Wildman–Crippen MR) is 114 cm³/mol. The van der Waals surface area contributed by atoms with Crippen molar-refractivity contribution in [2.45, 2.75) is 19.0 Å². The van der Waals surface area contributed by atoms with Gasteiger partial charge in [0.05, 0.1) is 35.2 Å². The largest absolute Gasteiger partial charge is 0.489 e. The van der Waals surface area contributed by atoms with Gasteiger partial charge in [-0.1, -0.05) is 23.2 Å². The molecule has 0 spiro atoms. The van der Waals surface area contributed by atoms with E-state index in [4.69, 9.17) is 32.7 Å². The molecule has 1 fully saturated rings. The van der Waals surface area contributed by atoms with Crippen LogP contribution in [0.5, 0.6) is 11.5 Å². The molecule has 6 nitrogen and oxygen atoms in total. The van der Waals surface area contributed by atoms with Crippen molar-refractivity contribution in [2.24, 2.45) is 0 Å². The summed E-state index contributed by atoms with van der Waals surface area (Å²) in [5.74, 6) is 1.23. The normalized spacial score (nSPS) is 16.7. The van der Waals surface area contributed by atoms with E-state index in [1.807, 2.05) is 0 Å². The number of hydrogen-bond acceptors (Lipinski definition) is 5. The van der Waals surface area contributed by atoms with E-state index in [1.165, 1.54) is 0 Å². The van der Waals surface area contributed by atoms with E-state index in [2.05, 4.69) is 4.98 Å². The SMILES string of the molecule is O=C(Cc1cc(Cl)c2c(c1)OCCCO2)N1CCN(c2ncc(C(F)(F)F)cc2Cl)CC1. The Morgan fingerprint density at radius 1 is 1.03 bits per heavy atom. The summed E-state index contributed by atoms with van der Waals surface area (Å²) in [5, 5.41) is 0.335. The minimum atomic E-state index is -4.50. The fourth-order valence-corrected chi connectivity index (χ4v) is 4.23. The summed E-state index contributed by atoms with van der Waals surface area (Å²) in [7, 11) is 0. The number of pyridine rings is 1. The summed E-state index contributed by atoms with van der Waals surface area (Å²) in [6.45, 7) is 2.65. The number of hydrogen-bond donors (Lipinski definition) is 0. The van der Waals surface area contributed by atoms with Gasteiger partial charge < -0.3 is 19.3 Å². The molecule has 0 radical (unpaired) electrons. The molecule has 0 N–H and O–H groups in total. The van der Waals surface area contributed by atoms with Crippen LogP contribution in [0, 0.1) is 0 Å². The van der Waals surface area contributed by atoms with Crippen LogP contribution in [0.4, 0.5) is 19.0 Å². The van der Waals surface area contributed by atoms with Gasteiger partial charge in [-0.05, 0) is 23.8 Å². The zero-order valence-electron chi connectivity index (χ0n) is 16.9. The Bertz CT molecular complexity index is 1010. The Balaban J connectivity index is 1.38. The maximum atomic E-state index is 12.8. The molecule has 3 heterocycles. The molecule has 2 aromatic rings. The van der Waals surface area contributed by atoms with Gasteiger partial charge in [0.1, 0.15) is 5.82 Å². The van der Waals surface area contributed by atoms with E-state index in [0.29, 0.717) is 55.9 Å². The highest BCUT2D eigenvalue weighted by atomic mass is 35.5. The first-order valence-corrected chi connectivity index (χ1v) is 10.8. The van der Waals surface area contributed by atoms with Crippen molar-refractivity contribution in [2.75, 3.05) is 44.3 Å². The van der Waals surface area contributed by atoms with Gasteiger partial charge in [-0.2, -0.15) is 13.2 Å². The summed E-state index contributed by atoms with van der Waals surface area (Å²) in [6.07, 6.45) is -2.83. The van der Waals surface area contributed by atoms with Crippen LogP contribution in [0.2, 0.25) is 10.0 Å². The van der Waals surface area contributed by atoms with E-state index < -0.39 is 11.7 Å². The van der Waals surface area contributed by atoms with Gasteiger partial charge in [-0.25, -0.2) is 4.98 Å². The predicted octanol–water partition coefficient (Wildman–Crippen LogP) is 4.46. The molecular formula is C21H20Cl2F3N3O3. The maximum absolute atomic E-state index is 12.8. The highest BCUT2D eigenvalue weighted by Gasteiger charge is 2.32. The number of benzene rings is 1. The Labute approximate surface area is 192 Å². The van der Waals surface area contributed by atoms with Crippen LogP contribution in [0.3, 0.4) is 0 Å². The number of nitrogens with zero attached hydrogens (tertiary/aromatic N) is 3. The van der Waals surface area contributed by atoms with Gasteiger partial charge in [-0.15, -0.1) is 0 Å². The first-order valence-electron chi connectivity index (χ1n) is 10.1. The van der Waals surface area contributed by atoms with Crippen molar-refractivity contribution in [3.05, 3.63) is 45.6 Å². The van der Waals surface area contributed by atoms with E-state index in [-0.39, 0.29) is 23.2 Å². The summed E-state index contributed by atoms with van der Waals surface area (Å²) < 4.78 is 49.7. The Kier molecular flexibility index (Phi) is 6.57. The quantitative estimate of drug-likeness (QED) is 0.636. The molecule has 0 unspecified atom stereocenters. The lowest BCUT2D eigenvalue weighted by molar-refractivity contribution is -0.137. The smallest absolute Gasteiger partial charge is 0.417 e. The van der Waals surface area contributed by atoms with Crippen molar-refractivity contribution >= 4 is 34.9 Å². The molecule has 0 atom stereocenters. The van der Waals surface area contributed by atoms with Crippen molar-refractivity contribution in [1.29, 1.82) is 0 Å². The second-order valence-electron chi connectivity index (χ2n) is 7.53. The van der Waals surface area contributed by atoms with Crippen LogP contribution in [0.15, 0.2) is 24.4 Å². The van der Waals surface area contributed by atoms with Crippen LogP contribution in [0.25, 0.3) is 0 Å². The van der Waals surface area contributed by atoms with Crippen molar-refractivity contribution in [1.82, 2.24) is 9.88 Å². The van der Waals surface area contributed by atoms with E-state index in [0.717, 1.165) is 24.2 Å². The van der Waals surface area contributed by atoms with Crippen molar-refractivity contribution < 1.29 is 27.4 Å². The summed E-state index contributed by atoms with van der Waals surface area (Å²) in [4.78, 5) is 20.2. The van der Waals surface area contributed by atoms with Crippen LogP contribution in [-0.4, -0.2) is 55.2 Å². The fraction of sp³-hybridized carbons (Fsp3) is 0.429. The van der Waals surface area contributed by atoms with Gasteiger partial charge in [0.15, 0.2) is 11.5 Å². The lowest BCUT2D eigenvalue weighted by Crippen LogP contribution is -2.49. The average molecular weight is 490 g/mol. The highest BCUT2D eigenvalue weighted by Crippen LogP contribution is 2.38. The van der Waals surface area contributed by atoms with Crippen LogP contribution < -0.4 is 14.4 Å². The zero-order chi connectivity index (χ0) is 22.9. The monoisotopic (exact) mass is 489 g/mol. The lowest BCUT2D eigenvalue weighted by atomic mass is 10.1. The number of piperazine rings is 1. The van der Waals surface area contributed by atoms with Gasteiger partial charge >= 0.3 is 6.18 Å². The highest BCUT2D eigenvalue weighted by molar-refractivity contribution is 6.33. The number of carbonyl (C=O) groups is 1. The molecule has 1 saturated heterocycles. The second-order valence-corrected chi connectivity index (χ2v) is 8.34. The van der Waals surface area contributed by atoms with E-state index in [1.54, 1.807) is 21.9 Å². The topological polar surface area (TPSA) is 54.9 Å². The molecular weight excluding hydrogens is 470 g/mol. The minimum absolute atomic E-state index is 0.0681. The number of aromatic nitrogens is 1. The number of carbonyl (C=O) groups excluding carboxylic acids is 1. The molecule has 2 aliphatic rings. The molecule has 1 aromatic heterocycles. The first-order chi connectivity index (χ1) is 15.2. The van der Waals surface area contributed by atoms with Gasteiger partial charge in [-0.3, -0.25) is 4.79 Å². The molecule has 2 aliphatic heterocycles. The maximum Gasteiger partial charge on any atom is 0.417 e. The molecule has 11 heteroatoms. The Morgan fingerprint density at radius 2 is 1.75 bits per heavy atom. The molecule has 1 aromatic carbocycles. The number of fused-ring (bicyclic) bond motifs is 1. The van der Waals surface area contributed by atoms with Crippen LogP contribution in [-0.2, 0) is 17.4 Å². The number of ether oxygens (including phenoxy) is 2. The minimum Gasteiger partial charge on any atom is -0.489 e. The molecule has 0 bridgehead atoms. The fourth-order valence-electron chi connectivity index (χ4n) is 3.66. The molecule has 4 rings (SSSR count). The average Bonchev–Trinajstić information content (AvgIpc) is 2.99. The third kappa shape index (κ3) is 4.99. The van der Waals surface area contributed by atoms with Gasteiger partial charge in [0.2, 0.25) is 5.91 Å². The van der Waals surface area contributed by atoms with E-state index in [9.17, 15) is 18.0 Å². The van der Waals surface area contributed by atoms with Crippen molar-refractivity contribution in [3.63, 3.8) is 0 Å². The number of alkyl halides is 3. The number of halogens is 5. The molecule has 172 valence electrons. The van der Waals surface area contributed by atoms with Crippen LogP contribution in [0.1, 0.15) is 17.5 Å². The number of anilines is 1. The number of rotatable bonds is 3. The summed E-state index contributed by atoms with van der Waals surface area (Å²) in [6, 6.07) is 4.34. The molecule has 0 saturated carbocycles. The summed E-state index contributed by atoms with van der Waals surface area (Å²) in [5.41, 5.74) is -0.173. The van der Waals surface area contributed by atoms with Crippen LogP contribution >= 0.6 is 23.2 Å².